The topological polar surface area (TPSA) is 91.6 Å². The van der Waals surface area contributed by atoms with Crippen LogP contribution in [0.1, 0.15) is 26.2 Å². The summed E-state index contributed by atoms with van der Waals surface area (Å²) in [5, 5.41) is 12.2. The zero-order chi connectivity index (χ0) is 16.1. The summed E-state index contributed by atoms with van der Waals surface area (Å²) < 4.78 is 1.48. The molecule has 0 spiro atoms. The molecule has 0 saturated carbocycles. The highest BCUT2D eigenvalue weighted by molar-refractivity contribution is 5.95. The van der Waals surface area contributed by atoms with Crippen molar-refractivity contribution in [3.05, 3.63) is 28.7 Å². The minimum absolute atomic E-state index is 0.156. The Kier molecular flexibility index (Phi) is 5.32. The Bertz CT molecular complexity index is 611. The molecule has 1 atom stereocenters. The Morgan fingerprint density at radius 2 is 2.18 bits per heavy atom. The maximum Gasteiger partial charge on any atom is 0.274 e. The quantitative estimate of drug-likeness (QED) is 0.830. The van der Waals surface area contributed by atoms with Crippen molar-refractivity contribution < 1.29 is 14.7 Å². The average molecular weight is 307 g/mol. The van der Waals surface area contributed by atoms with Crippen molar-refractivity contribution in [1.82, 2.24) is 9.47 Å². The van der Waals surface area contributed by atoms with Crippen molar-refractivity contribution in [1.29, 1.82) is 0 Å². The minimum atomic E-state index is -1.04. The second-order valence-electron chi connectivity index (χ2n) is 5.33. The first-order chi connectivity index (χ1) is 10.5. The van der Waals surface area contributed by atoms with E-state index in [2.05, 4.69) is 5.32 Å². The molecule has 22 heavy (non-hydrogen) atoms. The van der Waals surface area contributed by atoms with Crippen LogP contribution in [-0.2, 0) is 16.1 Å². The third-order valence-electron chi connectivity index (χ3n) is 3.72. The molecule has 1 aliphatic rings. The number of aliphatic hydroxyl groups is 1. The number of hydrogen-bond acceptors (Lipinski definition) is 4. The SMILES string of the molecule is CCn1cccc(NC(=O)CN2CCCCC(O)C2=O)c1=O. The van der Waals surface area contributed by atoms with Crippen molar-refractivity contribution in [3.8, 4) is 0 Å². The number of carbonyl (C=O) groups is 2. The lowest BCUT2D eigenvalue weighted by Gasteiger charge is -2.21. The van der Waals surface area contributed by atoms with E-state index in [1.54, 1.807) is 12.3 Å². The summed E-state index contributed by atoms with van der Waals surface area (Å²) in [6, 6.07) is 3.22. The Morgan fingerprint density at radius 1 is 1.41 bits per heavy atom. The van der Waals surface area contributed by atoms with Crippen molar-refractivity contribution in [3.63, 3.8) is 0 Å². The van der Waals surface area contributed by atoms with Gasteiger partial charge in [0.15, 0.2) is 0 Å². The van der Waals surface area contributed by atoms with E-state index in [0.29, 0.717) is 19.5 Å². The molecule has 1 fully saturated rings. The van der Waals surface area contributed by atoms with Gasteiger partial charge in [0, 0.05) is 19.3 Å². The van der Waals surface area contributed by atoms with Gasteiger partial charge in [-0.15, -0.1) is 0 Å². The third kappa shape index (κ3) is 3.73. The molecule has 7 nitrogen and oxygen atoms in total. The zero-order valence-electron chi connectivity index (χ0n) is 12.6. The van der Waals surface area contributed by atoms with Gasteiger partial charge in [-0.25, -0.2) is 0 Å². The fourth-order valence-electron chi connectivity index (χ4n) is 2.49. The smallest absolute Gasteiger partial charge is 0.274 e. The number of aromatic nitrogens is 1. The van der Waals surface area contributed by atoms with Gasteiger partial charge in [0.05, 0.1) is 6.54 Å². The molecular formula is C15H21N3O4. The van der Waals surface area contributed by atoms with Gasteiger partial charge >= 0.3 is 0 Å². The monoisotopic (exact) mass is 307 g/mol. The first-order valence-corrected chi connectivity index (χ1v) is 7.49. The van der Waals surface area contributed by atoms with E-state index in [4.69, 9.17) is 0 Å². The summed E-state index contributed by atoms with van der Waals surface area (Å²) in [5.74, 6) is -0.861. The van der Waals surface area contributed by atoms with Crippen LogP contribution in [0.2, 0.25) is 0 Å². The van der Waals surface area contributed by atoms with Crippen LogP contribution in [0.3, 0.4) is 0 Å². The summed E-state index contributed by atoms with van der Waals surface area (Å²) in [5.41, 5.74) is -0.0854. The molecule has 0 aliphatic carbocycles. The Hall–Kier alpha value is -2.15. The van der Waals surface area contributed by atoms with E-state index in [0.717, 1.165) is 12.8 Å². The van der Waals surface area contributed by atoms with Crippen LogP contribution in [0, 0.1) is 0 Å². The second-order valence-corrected chi connectivity index (χ2v) is 5.33. The van der Waals surface area contributed by atoms with Crippen LogP contribution < -0.4 is 10.9 Å². The number of nitrogens with zero attached hydrogens (tertiary/aromatic N) is 2. The molecule has 120 valence electrons. The molecule has 2 amide bonds. The highest BCUT2D eigenvalue weighted by Gasteiger charge is 2.26. The molecule has 1 saturated heterocycles. The van der Waals surface area contributed by atoms with Gasteiger partial charge in [0.2, 0.25) is 5.91 Å². The number of rotatable bonds is 4. The summed E-state index contributed by atoms with van der Waals surface area (Å²) >= 11 is 0. The largest absolute Gasteiger partial charge is 0.383 e. The maximum atomic E-state index is 12.1. The number of aliphatic hydroxyl groups excluding tert-OH is 1. The number of likely N-dealkylation sites (tertiary alicyclic amines) is 1. The number of carbonyl (C=O) groups excluding carboxylic acids is 2. The van der Waals surface area contributed by atoms with Gasteiger partial charge in [0.25, 0.3) is 11.5 Å². The first kappa shape index (κ1) is 16.2. The predicted molar refractivity (Wildman–Crippen MR) is 81.4 cm³/mol. The van der Waals surface area contributed by atoms with Crippen LogP contribution in [0.5, 0.6) is 0 Å². The molecule has 1 aromatic rings. The van der Waals surface area contributed by atoms with Gasteiger partial charge < -0.3 is 19.9 Å². The highest BCUT2D eigenvalue weighted by atomic mass is 16.3. The van der Waals surface area contributed by atoms with Crippen molar-refractivity contribution in [2.24, 2.45) is 0 Å². The van der Waals surface area contributed by atoms with E-state index >= 15 is 0 Å². The fraction of sp³-hybridized carbons (Fsp3) is 0.533. The summed E-state index contributed by atoms with van der Waals surface area (Å²) in [7, 11) is 0. The van der Waals surface area contributed by atoms with Gasteiger partial charge in [-0.3, -0.25) is 14.4 Å². The molecule has 1 unspecified atom stereocenters. The van der Waals surface area contributed by atoms with Crippen LogP contribution in [0.15, 0.2) is 23.1 Å². The van der Waals surface area contributed by atoms with Crippen LogP contribution in [0.25, 0.3) is 0 Å². The second kappa shape index (κ2) is 7.22. The Balaban J connectivity index is 2.04. The van der Waals surface area contributed by atoms with Crippen molar-refractivity contribution in [2.75, 3.05) is 18.4 Å². The summed E-state index contributed by atoms with van der Waals surface area (Å²) in [6.07, 6.45) is 2.54. The predicted octanol–water partition coefficient (Wildman–Crippen LogP) is 0.180. The third-order valence-corrected chi connectivity index (χ3v) is 3.72. The van der Waals surface area contributed by atoms with Gasteiger partial charge in [-0.2, -0.15) is 0 Å². The molecule has 2 N–H and O–H groups in total. The summed E-state index contributed by atoms with van der Waals surface area (Å²) in [6.45, 7) is 2.64. The zero-order valence-corrected chi connectivity index (χ0v) is 12.6. The Labute approximate surface area is 128 Å². The van der Waals surface area contributed by atoms with E-state index in [9.17, 15) is 19.5 Å². The lowest BCUT2D eigenvalue weighted by Crippen LogP contribution is -2.42. The molecule has 7 heteroatoms. The number of amides is 2. The highest BCUT2D eigenvalue weighted by Crippen LogP contribution is 2.12. The van der Waals surface area contributed by atoms with E-state index < -0.39 is 17.9 Å². The Morgan fingerprint density at radius 3 is 2.91 bits per heavy atom. The van der Waals surface area contributed by atoms with E-state index in [1.165, 1.54) is 15.5 Å². The van der Waals surface area contributed by atoms with Gasteiger partial charge in [-0.1, -0.05) is 0 Å². The molecule has 2 rings (SSSR count). The molecule has 0 aromatic carbocycles. The number of nitrogens with one attached hydrogen (secondary N) is 1. The van der Waals surface area contributed by atoms with E-state index in [-0.39, 0.29) is 17.8 Å². The standard InChI is InChI=1S/C15H21N3O4/c1-2-17-9-5-6-11(14(17)21)16-13(20)10-18-8-4-3-7-12(19)15(18)22/h5-6,9,12,19H,2-4,7-8,10H2,1H3,(H,16,20). The first-order valence-electron chi connectivity index (χ1n) is 7.49. The van der Waals surface area contributed by atoms with Crippen molar-refractivity contribution in [2.45, 2.75) is 38.8 Å². The minimum Gasteiger partial charge on any atom is -0.383 e. The van der Waals surface area contributed by atoms with Crippen molar-refractivity contribution >= 4 is 17.5 Å². The molecule has 0 bridgehead atoms. The molecule has 1 aliphatic heterocycles. The molecular weight excluding hydrogens is 286 g/mol. The van der Waals surface area contributed by atoms with Crippen LogP contribution >= 0.6 is 0 Å². The van der Waals surface area contributed by atoms with Gasteiger partial charge in [0.1, 0.15) is 11.8 Å². The van der Waals surface area contributed by atoms with Crippen LogP contribution in [-0.4, -0.2) is 45.6 Å². The fourth-order valence-corrected chi connectivity index (χ4v) is 2.49. The van der Waals surface area contributed by atoms with E-state index in [1.807, 2.05) is 6.92 Å². The maximum absolute atomic E-state index is 12.1. The average Bonchev–Trinajstić information content (AvgIpc) is 2.65. The number of anilines is 1. The number of pyridine rings is 1. The van der Waals surface area contributed by atoms with Gasteiger partial charge in [-0.05, 0) is 38.3 Å². The lowest BCUT2D eigenvalue weighted by atomic mass is 10.2. The summed E-state index contributed by atoms with van der Waals surface area (Å²) in [4.78, 5) is 37.4. The molecule has 1 aromatic heterocycles. The van der Waals surface area contributed by atoms with Crippen LogP contribution in [0.4, 0.5) is 5.69 Å². The normalized spacial score (nSPS) is 18.9. The lowest BCUT2D eigenvalue weighted by molar-refractivity contribution is -0.141. The number of hydrogen-bond donors (Lipinski definition) is 2. The molecule has 2 heterocycles. The number of aryl methyl sites for hydroxylation is 1. The molecule has 0 radical (unpaired) electrons.